The molecular weight excluding hydrogens is 296 g/mol. The number of aromatic nitrogens is 2. The van der Waals surface area contributed by atoms with Crippen molar-refractivity contribution in [3.8, 4) is 11.6 Å². The molecule has 0 amide bonds. The summed E-state index contributed by atoms with van der Waals surface area (Å²) in [6.45, 7) is 2.55. The average molecular weight is 307 g/mol. The Morgan fingerprint density at radius 2 is 2.10 bits per heavy atom. The predicted octanol–water partition coefficient (Wildman–Crippen LogP) is 4.19. The molecule has 0 radical (unpaired) electrons. The average Bonchev–Trinajstić information content (AvgIpc) is 2.92. The molecule has 2 heterocycles. The van der Waals surface area contributed by atoms with Crippen LogP contribution in [0.25, 0.3) is 10.2 Å². The number of fused-ring (bicyclic) bond motifs is 1. The Hall–Kier alpha value is -2.28. The van der Waals surface area contributed by atoms with Crippen molar-refractivity contribution >= 4 is 27.5 Å². The van der Waals surface area contributed by atoms with E-state index in [0.717, 1.165) is 18.2 Å². The van der Waals surface area contributed by atoms with Crippen LogP contribution in [0, 0.1) is 11.6 Å². The van der Waals surface area contributed by atoms with E-state index >= 15 is 0 Å². The lowest BCUT2D eigenvalue weighted by Gasteiger charge is -2.09. The molecule has 7 heteroatoms. The summed E-state index contributed by atoms with van der Waals surface area (Å²) in [5.41, 5.74) is 0. The van der Waals surface area contributed by atoms with E-state index in [1.165, 1.54) is 11.3 Å². The largest absolute Gasteiger partial charge is 0.435 e. The molecular formula is C14H11F2N3OS. The Labute approximate surface area is 123 Å². The Bertz CT molecular complexity index is 791. The maximum atomic E-state index is 13.7. The van der Waals surface area contributed by atoms with Crippen molar-refractivity contribution in [2.24, 2.45) is 0 Å². The highest BCUT2D eigenvalue weighted by Crippen LogP contribution is 2.32. The molecule has 0 saturated heterocycles. The molecule has 0 saturated carbocycles. The maximum Gasteiger partial charge on any atom is 0.233 e. The molecule has 0 fully saturated rings. The Morgan fingerprint density at radius 1 is 1.24 bits per heavy atom. The van der Waals surface area contributed by atoms with Crippen LogP contribution in [0.4, 0.5) is 14.7 Å². The molecule has 21 heavy (non-hydrogen) atoms. The Balaban J connectivity index is 2.06. The van der Waals surface area contributed by atoms with Crippen molar-refractivity contribution in [1.29, 1.82) is 0 Å². The zero-order valence-electron chi connectivity index (χ0n) is 11.1. The van der Waals surface area contributed by atoms with Crippen LogP contribution in [-0.2, 0) is 0 Å². The third-order valence-corrected chi connectivity index (χ3v) is 3.53. The molecule has 1 aromatic carbocycles. The van der Waals surface area contributed by atoms with E-state index < -0.39 is 11.6 Å². The summed E-state index contributed by atoms with van der Waals surface area (Å²) < 4.78 is 32.3. The van der Waals surface area contributed by atoms with Gasteiger partial charge in [0.2, 0.25) is 11.8 Å². The molecule has 0 spiro atoms. The molecule has 0 unspecified atom stereocenters. The summed E-state index contributed by atoms with van der Waals surface area (Å²) >= 11 is 1.42. The van der Waals surface area contributed by atoms with Crippen LogP contribution in [0.5, 0.6) is 11.6 Å². The molecule has 2 aromatic heterocycles. The first-order chi connectivity index (χ1) is 10.2. The summed E-state index contributed by atoms with van der Waals surface area (Å²) in [5.74, 6) is -0.845. The smallest absolute Gasteiger partial charge is 0.233 e. The molecule has 3 rings (SSSR count). The molecule has 0 bridgehead atoms. The first kappa shape index (κ1) is 13.7. The van der Waals surface area contributed by atoms with Gasteiger partial charge in [0.05, 0.1) is 5.39 Å². The topological polar surface area (TPSA) is 47.0 Å². The SMILES string of the molecule is CCNc1nc(Oc2cc(F)ccc2F)c2ccsc2n1. The predicted molar refractivity (Wildman–Crippen MR) is 78.0 cm³/mol. The normalized spacial score (nSPS) is 10.8. The fourth-order valence-electron chi connectivity index (χ4n) is 1.80. The van der Waals surface area contributed by atoms with E-state index in [4.69, 9.17) is 4.74 Å². The van der Waals surface area contributed by atoms with E-state index in [9.17, 15) is 8.78 Å². The molecule has 0 aliphatic carbocycles. The Kier molecular flexibility index (Phi) is 3.66. The van der Waals surface area contributed by atoms with Crippen LogP contribution < -0.4 is 10.1 Å². The van der Waals surface area contributed by atoms with Gasteiger partial charge in [-0.15, -0.1) is 11.3 Å². The number of hydrogen-bond acceptors (Lipinski definition) is 5. The highest BCUT2D eigenvalue weighted by Gasteiger charge is 2.13. The van der Waals surface area contributed by atoms with E-state index in [1.54, 1.807) is 6.07 Å². The number of halogens is 2. The minimum Gasteiger partial charge on any atom is -0.435 e. The second kappa shape index (κ2) is 5.61. The maximum absolute atomic E-state index is 13.7. The van der Waals surface area contributed by atoms with Gasteiger partial charge in [0.1, 0.15) is 10.6 Å². The summed E-state index contributed by atoms with van der Waals surface area (Å²) in [4.78, 5) is 9.23. The molecule has 0 atom stereocenters. The van der Waals surface area contributed by atoms with E-state index in [0.29, 0.717) is 22.7 Å². The fraction of sp³-hybridized carbons (Fsp3) is 0.143. The van der Waals surface area contributed by atoms with Gasteiger partial charge in [-0.1, -0.05) is 0 Å². The van der Waals surface area contributed by atoms with Crippen molar-refractivity contribution in [2.75, 3.05) is 11.9 Å². The van der Waals surface area contributed by atoms with Gasteiger partial charge in [-0.25, -0.2) is 13.8 Å². The van der Waals surface area contributed by atoms with Gasteiger partial charge >= 0.3 is 0 Å². The summed E-state index contributed by atoms with van der Waals surface area (Å²) in [6, 6.07) is 4.82. The van der Waals surface area contributed by atoms with E-state index in [1.807, 2.05) is 12.3 Å². The molecule has 108 valence electrons. The number of nitrogens with one attached hydrogen (secondary N) is 1. The number of anilines is 1. The molecule has 0 aliphatic heterocycles. The zero-order chi connectivity index (χ0) is 14.8. The second-order valence-corrected chi connectivity index (χ2v) is 5.09. The highest BCUT2D eigenvalue weighted by molar-refractivity contribution is 7.16. The lowest BCUT2D eigenvalue weighted by molar-refractivity contribution is 0.427. The van der Waals surface area contributed by atoms with E-state index in [-0.39, 0.29) is 11.6 Å². The van der Waals surface area contributed by atoms with Crippen LogP contribution in [0.3, 0.4) is 0 Å². The van der Waals surface area contributed by atoms with Crippen molar-refractivity contribution in [3.63, 3.8) is 0 Å². The number of ether oxygens (including phenoxy) is 1. The molecule has 1 N–H and O–H groups in total. The minimum atomic E-state index is -0.650. The van der Waals surface area contributed by atoms with Crippen LogP contribution in [-0.4, -0.2) is 16.5 Å². The number of rotatable bonds is 4. The van der Waals surface area contributed by atoms with Gasteiger partial charge in [-0.3, -0.25) is 0 Å². The lowest BCUT2D eigenvalue weighted by atomic mass is 10.3. The van der Waals surface area contributed by atoms with E-state index in [2.05, 4.69) is 15.3 Å². The van der Waals surface area contributed by atoms with Gasteiger partial charge in [-0.2, -0.15) is 4.98 Å². The third kappa shape index (κ3) is 2.78. The van der Waals surface area contributed by atoms with Crippen molar-refractivity contribution in [2.45, 2.75) is 6.92 Å². The molecule has 3 aromatic rings. The number of nitrogens with zero attached hydrogens (tertiary/aromatic N) is 2. The van der Waals surface area contributed by atoms with Crippen molar-refractivity contribution in [1.82, 2.24) is 9.97 Å². The molecule has 0 aliphatic rings. The quantitative estimate of drug-likeness (QED) is 0.785. The van der Waals surface area contributed by atoms with Crippen LogP contribution in [0.1, 0.15) is 6.92 Å². The van der Waals surface area contributed by atoms with Crippen molar-refractivity contribution < 1.29 is 13.5 Å². The first-order valence-electron chi connectivity index (χ1n) is 6.29. The van der Waals surface area contributed by atoms with Gasteiger partial charge < -0.3 is 10.1 Å². The van der Waals surface area contributed by atoms with Crippen LogP contribution >= 0.6 is 11.3 Å². The standard InChI is InChI=1S/C14H11F2N3OS/c1-2-17-14-18-12(9-5-6-21-13(9)19-14)20-11-7-8(15)3-4-10(11)16/h3-7H,2H2,1H3,(H,17,18,19). The van der Waals surface area contributed by atoms with Crippen LogP contribution in [0.15, 0.2) is 29.6 Å². The summed E-state index contributed by atoms with van der Waals surface area (Å²) in [5, 5.41) is 5.47. The Morgan fingerprint density at radius 3 is 2.90 bits per heavy atom. The number of thiophene rings is 1. The first-order valence-corrected chi connectivity index (χ1v) is 7.17. The lowest BCUT2D eigenvalue weighted by Crippen LogP contribution is -2.03. The van der Waals surface area contributed by atoms with Crippen molar-refractivity contribution in [3.05, 3.63) is 41.3 Å². The number of hydrogen-bond donors (Lipinski definition) is 1. The second-order valence-electron chi connectivity index (χ2n) is 4.20. The summed E-state index contributed by atoms with van der Waals surface area (Å²) in [7, 11) is 0. The summed E-state index contributed by atoms with van der Waals surface area (Å²) in [6.07, 6.45) is 0. The third-order valence-electron chi connectivity index (χ3n) is 2.72. The fourth-order valence-corrected chi connectivity index (χ4v) is 2.56. The van der Waals surface area contributed by atoms with Gasteiger partial charge in [0.25, 0.3) is 0 Å². The molecule has 4 nitrogen and oxygen atoms in total. The minimum absolute atomic E-state index is 0.196. The number of benzene rings is 1. The highest BCUT2D eigenvalue weighted by atomic mass is 32.1. The van der Waals surface area contributed by atoms with Gasteiger partial charge in [-0.05, 0) is 30.5 Å². The van der Waals surface area contributed by atoms with Gasteiger partial charge in [0.15, 0.2) is 11.6 Å². The van der Waals surface area contributed by atoms with Crippen LogP contribution in [0.2, 0.25) is 0 Å². The monoisotopic (exact) mass is 307 g/mol. The zero-order valence-corrected chi connectivity index (χ0v) is 11.9. The van der Waals surface area contributed by atoms with Gasteiger partial charge in [0, 0.05) is 12.6 Å².